The molecule has 1 fully saturated rings. The van der Waals surface area contributed by atoms with Crippen molar-refractivity contribution in [2.24, 2.45) is 0 Å². The maximum atomic E-state index is 11.4. The highest BCUT2D eigenvalue weighted by Gasteiger charge is 2.22. The maximum Gasteiger partial charge on any atom is 0.326 e. The molecule has 1 aromatic rings. The molecule has 1 aliphatic rings. The highest BCUT2D eigenvalue weighted by Crippen LogP contribution is 2.23. The molecule has 7 nitrogen and oxygen atoms in total. The number of aliphatic carboxylic acids is 1. The second-order valence-electron chi connectivity index (χ2n) is 3.82. The first-order valence-electron chi connectivity index (χ1n) is 5.42. The van der Waals surface area contributed by atoms with E-state index in [1.165, 1.54) is 6.08 Å². The lowest BCUT2D eigenvalue weighted by Gasteiger charge is -2.09. The summed E-state index contributed by atoms with van der Waals surface area (Å²) in [4.78, 5) is 32.6. The predicted molar refractivity (Wildman–Crippen MR) is 74.3 cm³/mol. The van der Waals surface area contributed by atoms with E-state index in [1.807, 2.05) is 22.6 Å². The van der Waals surface area contributed by atoms with Crippen molar-refractivity contribution in [3.05, 3.63) is 33.0 Å². The molecule has 0 bridgehead atoms. The highest BCUT2D eigenvalue weighted by atomic mass is 127. The van der Waals surface area contributed by atoms with E-state index in [0.29, 0.717) is 14.9 Å². The van der Waals surface area contributed by atoms with E-state index in [2.05, 4.69) is 10.6 Å². The Balaban J connectivity index is 2.17. The quantitative estimate of drug-likeness (QED) is 0.416. The second-order valence-corrected chi connectivity index (χ2v) is 4.98. The molecule has 1 aromatic carbocycles. The first kappa shape index (κ1) is 14.3. The van der Waals surface area contributed by atoms with Gasteiger partial charge in [-0.15, -0.1) is 0 Å². The lowest BCUT2D eigenvalue weighted by atomic mass is 10.2. The molecule has 3 amide bonds. The molecule has 0 unspecified atom stereocenters. The molecule has 0 spiro atoms. The molecule has 104 valence electrons. The fourth-order valence-corrected chi connectivity index (χ4v) is 2.20. The highest BCUT2D eigenvalue weighted by molar-refractivity contribution is 14.1. The Morgan fingerprint density at radius 2 is 2.10 bits per heavy atom. The molecule has 20 heavy (non-hydrogen) atoms. The van der Waals surface area contributed by atoms with Gasteiger partial charge in [0, 0.05) is 0 Å². The third-order valence-electron chi connectivity index (χ3n) is 2.33. The summed E-state index contributed by atoms with van der Waals surface area (Å²) in [6.45, 7) is -0.533. The Kier molecular flexibility index (Phi) is 4.23. The summed E-state index contributed by atoms with van der Waals surface area (Å²) in [5.41, 5.74) is 0.816. The molecule has 2 rings (SSSR count). The van der Waals surface area contributed by atoms with Gasteiger partial charge in [0.25, 0.3) is 5.91 Å². The molecule has 1 heterocycles. The fraction of sp³-hybridized carbons (Fsp3) is 0.0833. The van der Waals surface area contributed by atoms with Crippen LogP contribution in [-0.4, -0.2) is 24.5 Å². The van der Waals surface area contributed by atoms with E-state index < -0.39 is 24.5 Å². The number of nitrogens with one attached hydrogen (secondary N) is 2. The van der Waals surface area contributed by atoms with Gasteiger partial charge in [0.1, 0.15) is 18.1 Å². The Labute approximate surface area is 127 Å². The van der Waals surface area contributed by atoms with Gasteiger partial charge in [0.05, 0.1) is 9.54 Å². The van der Waals surface area contributed by atoms with Crippen LogP contribution in [0.5, 0.6) is 5.75 Å². The van der Waals surface area contributed by atoms with E-state index in [-0.39, 0.29) is 5.70 Å². The van der Waals surface area contributed by atoms with Crippen LogP contribution in [0.25, 0.3) is 6.08 Å². The summed E-state index contributed by atoms with van der Waals surface area (Å²) in [5.74, 6) is -1.41. The summed E-state index contributed by atoms with van der Waals surface area (Å²) >= 11 is 1.97. The number of amides is 3. The lowest BCUT2D eigenvalue weighted by Crippen LogP contribution is -2.29. The zero-order valence-corrected chi connectivity index (χ0v) is 12.1. The van der Waals surface area contributed by atoms with Crippen LogP contribution in [0.15, 0.2) is 23.9 Å². The molecule has 0 aromatic heterocycles. The number of imide groups is 1. The standard InChI is InChI=1S/C12H9IN2O5/c13-7-3-6(1-2-9(7)20-5-10(16)17)4-8-11(18)15-12(19)14-8/h1-4H,5H2,(H,16,17)(H2,14,15,18,19)/p-1/b8-4+. The van der Waals surface area contributed by atoms with Crippen molar-refractivity contribution in [3.8, 4) is 5.75 Å². The average Bonchev–Trinajstić information content (AvgIpc) is 2.66. The number of urea groups is 1. The summed E-state index contributed by atoms with van der Waals surface area (Å²) in [7, 11) is 0. The number of ether oxygens (including phenoxy) is 1. The van der Waals surface area contributed by atoms with E-state index >= 15 is 0 Å². The molecular weight excluding hydrogens is 379 g/mol. The van der Waals surface area contributed by atoms with Crippen LogP contribution < -0.4 is 20.5 Å². The summed E-state index contributed by atoms with van der Waals surface area (Å²) in [6, 6.07) is 4.34. The Bertz CT molecular complexity index is 626. The van der Waals surface area contributed by atoms with Crippen molar-refractivity contribution < 1.29 is 24.2 Å². The first-order chi connectivity index (χ1) is 9.45. The van der Waals surface area contributed by atoms with Crippen LogP contribution in [0, 0.1) is 3.57 Å². The topological polar surface area (TPSA) is 108 Å². The summed E-state index contributed by atoms with van der Waals surface area (Å²) in [6.07, 6.45) is 1.50. The average molecular weight is 387 g/mol. The monoisotopic (exact) mass is 387 g/mol. The van der Waals surface area contributed by atoms with Crippen LogP contribution in [0.4, 0.5) is 4.79 Å². The van der Waals surface area contributed by atoms with Gasteiger partial charge >= 0.3 is 6.03 Å². The number of carboxylic acid groups (broad SMARTS) is 1. The number of carbonyl (C=O) groups is 3. The SMILES string of the molecule is O=C([O-])COc1ccc(/C=C2/NC(=O)NC2=O)cc1I. The van der Waals surface area contributed by atoms with Gasteiger partial charge in [-0.1, -0.05) is 6.07 Å². The summed E-state index contributed by atoms with van der Waals surface area (Å²) < 4.78 is 5.69. The third-order valence-corrected chi connectivity index (χ3v) is 3.18. The van der Waals surface area contributed by atoms with Crippen molar-refractivity contribution in [2.45, 2.75) is 0 Å². The van der Waals surface area contributed by atoms with Gasteiger partial charge in [-0.25, -0.2) is 4.79 Å². The number of halogens is 1. The van der Waals surface area contributed by atoms with Crippen LogP contribution in [0.1, 0.15) is 5.56 Å². The predicted octanol–water partition coefficient (Wildman–Crippen LogP) is -0.400. The molecule has 0 radical (unpaired) electrons. The number of carbonyl (C=O) groups excluding carboxylic acids is 3. The van der Waals surface area contributed by atoms with Gasteiger partial charge in [0.2, 0.25) is 0 Å². The van der Waals surface area contributed by atoms with Crippen LogP contribution >= 0.6 is 22.6 Å². The Morgan fingerprint density at radius 1 is 1.35 bits per heavy atom. The number of benzene rings is 1. The van der Waals surface area contributed by atoms with Gasteiger partial charge in [-0.3, -0.25) is 10.1 Å². The molecule has 0 aliphatic carbocycles. The van der Waals surface area contributed by atoms with Crippen LogP contribution in [0.3, 0.4) is 0 Å². The molecule has 8 heteroatoms. The number of rotatable bonds is 4. The third kappa shape index (κ3) is 3.47. The lowest BCUT2D eigenvalue weighted by molar-refractivity contribution is -0.307. The summed E-state index contributed by atoms with van der Waals surface area (Å²) in [5, 5.41) is 14.8. The molecular formula is C12H8IN2O5-. The van der Waals surface area contributed by atoms with Gasteiger partial charge < -0.3 is 20.0 Å². The number of carboxylic acids is 1. The van der Waals surface area contributed by atoms with Crippen molar-refractivity contribution in [3.63, 3.8) is 0 Å². The molecule has 1 aliphatic heterocycles. The van der Waals surface area contributed by atoms with E-state index in [4.69, 9.17) is 4.74 Å². The molecule has 2 N–H and O–H groups in total. The zero-order chi connectivity index (χ0) is 14.7. The zero-order valence-electron chi connectivity index (χ0n) is 9.94. The minimum absolute atomic E-state index is 0.147. The minimum Gasteiger partial charge on any atom is -0.546 e. The van der Waals surface area contributed by atoms with Crippen molar-refractivity contribution >= 4 is 46.6 Å². The second kappa shape index (κ2) is 5.90. The van der Waals surface area contributed by atoms with E-state index in [0.717, 1.165) is 0 Å². The Hall–Kier alpha value is -2.10. The smallest absolute Gasteiger partial charge is 0.326 e. The largest absolute Gasteiger partial charge is 0.546 e. The number of hydrogen-bond acceptors (Lipinski definition) is 5. The minimum atomic E-state index is -1.31. The molecule has 0 saturated carbocycles. The van der Waals surface area contributed by atoms with E-state index in [1.54, 1.807) is 18.2 Å². The van der Waals surface area contributed by atoms with E-state index in [9.17, 15) is 19.5 Å². The first-order valence-corrected chi connectivity index (χ1v) is 6.50. The van der Waals surface area contributed by atoms with Crippen molar-refractivity contribution in [1.29, 1.82) is 0 Å². The Morgan fingerprint density at radius 3 is 2.65 bits per heavy atom. The van der Waals surface area contributed by atoms with Crippen molar-refractivity contribution in [1.82, 2.24) is 10.6 Å². The van der Waals surface area contributed by atoms with Crippen LogP contribution in [-0.2, 0) is 9.59 Å². The van der Waals surface area contributed by atoms with Gasteiger partial charge in [-0.2, -0.15) is 0 Å². The molecule has 1 saturated heterocycles. The van der Waals surface area contributed by atoms with Gasteiger partial charge in [0.15, 0.2) is 0 Å². The number of hydrogen-bond donors (Lipinski definition) is 2. The molecule has 0 atom stereocenters. The normalized spacial score (nSPS) is 15.9. The van der Waals surface area contributed by atoms with Crippen LogP contribution in [0.2, 0.25) is 0 Å². The fourth-order valence-electron chi connectivity index (χ4n) is 1.51. The van der Waals surface area contributed by atoms with Crippen molar-refractivity contribution in [2.75, 3.05) is 6.61 Å². The van der Waals surface area contributed by atoms with Gasteiger partial charge in [-0.05, 0) is 46.4 Å². The maximum absolute atomic E-state index is 11.4.